The number of imidazole rings is 1. The highest BCUT2D eigenvalue weighted by Gasteiger charge is 2.21. The van der Waals surface area contributed by atoms with E-state index in [0.29, 0.717) is 6.04 Å². The molecule has 0 unspecified atom stereocenters. The fourth-order valence-corrected chi connectivity index (χ4v) is 4.31. The number of nitrogens with one attached hydrogen (secondary N) is 1. The van der Waals surface area contributed by atoms with Gasteiger partial charge in [0.2, 0.25) is 0 Å². The number of aromatic nitrogens is 5. The van der Waals surface area contributed by atoms with Crippen LogP contribution in [0.3, 0.4) is 0 Å². The van der Waals surface area contributed by atoms with Gasteiger partial charge in [-0.05, 0) is 58.5 Å². The van der Waals surface area contributed by atoms with Crippen molar-refractivity contribution in [3.63, 3.8) is 0 Å². The lowest BCUT2D eigenvalue weighted by Crippen LogP contribution is -2.36. The van der Waals surface area contributed by atoms with Crippen molar-refractivity contribution in [3.8, 4) is 0 Å². The number of pyridine rings is 1. The summed E-state index contributed by atoms with van der Waals surface area (Å²) >= 11 is 0. The molecule has 150 valence electrons. The summed E-state index contributed by atoms with van der Waals surface area (Å²) in [6.07, 6.45) is 2.27. The molecular weight excluding hydrogens is 362 g/mol. The second-order valence-corrected chi connectivity index (χ2v) is 8.13. The predicted octanol–water partition coefficient (Wildman–Crippen LogP) is 3.25. The smallest absolute Gasteiger partial charge is 0.186 e. The van der Waals surface area contributed by atoms with Crippen LogP contribution in [0.5, 0.6) is 0 Å². The van der Waals surface area contributed by atoms with E-state index in [1.165, 1.54) is 5.56 Å². The van der Waals surface area contributed by atoms with Crippen LogP contribution in [0.4, 0.5) is 5.69 Å². The lowest BCUT2D eigenvalue weighted by Gasteiger charge is -2.30. The molecule has 4 aromatic rings. The van der Waals surface area contributed by atoms with E-state index in [1.807, 2.05) is 6.92 Å². The molecule has 1 aromatic carbocycles. The summed E-state index contributed by atoms with van der Waals surface area (Å²) in [5.41, 5.74) is 5.20. The van der Waals surface area contributed by atoms with Crippen molar-refractivity contribution in [2.24, 2.45) is 0 Å². The first-order valence-corrected chi connectivity index (χ1v) is 10.3. The van der Waals surface area contributed by atoms with E-state index in [1.54, 1.807) is 0 Å². The van der Waals surface area contributed by atoms with Crippen LogP contribution in [-0.2, 0) is 6.54 Å². The Morgan fingerprint density at radius 2 is 1.76 bits per heavy atom. The van der Waals surface area contributed by atoms with Gasteiger partial charge in [0.15, 0.2) is 11.3 Å². The molecule has 1 aliphatic heterocycles. The van der Waals surface area contributed by atoms with Gasteiger partial charge in [-0.2, -0.15) is 0 Å². The van der Waals surface area contributed by atoms with Crippen molar-refractivity contribution < 1.29 is 0 Å². The highest BCUT2D eigenvalue weighted by atomic mass is 15.3. The topological polar surface area (TPSA) is 63.3 Å². The predicted molar refractivity (Wildman–Crippen MR) is 115 cm³/mol. The fourth-order valence-electron chi connectivity index (χ4n) is 4.31. The van der Waals surface area contributed by atoms with E-state index >= 15 is 0 Å². The Morgan fingerprint density at radius 1 is 1.00 bits per heavy atom. The molecule has 1 fully saturated rings. The molecule has 7 nitrogen and oxygen atoms in total. The number of nitrogens with zero attached hydrogens (tertiary/aromatic N) is 6. The SMILES string of the molecule is Cc1nc2c(cc(NC3CCN(C)CC3)c3nnc(C)n32)n1Cc1ccccc1. The first-order chi connectivity index (χ1) is 14.1. The van der Waals surface area contributed by atoms with Crippen molar-refractivity contribution in [1.29, 1.82) is 0 Å². The number of hydrogen-bond acceptors (Lipinski definition) is 5. The number of piperidine rings is 1. The minimum atomic E-state index is 0.455. The van der Waals surface area contributed by atoms with Gasteiger partial charge in [-0.1, -0.05) is 30.3 Å². The Hall–Kier alpha value is -2.93. The zero-order valence-corrected chi connectivity index (χ0v) is 17.3. The molecular formula is C22H27N7. The lowest BCUT2D eigenvalue weighted by atomic mass is 10.1. The van der Waals surface area contributed by atoms with Gasteiger partial charge in [-0.25, -0.2) is 4.98 Å². The van der Waals surface area contributed by atoms with E-state index in [-0.39, 0.29) is 0 Å². The molecule has 0 bridgehead atoms. The van der Waals surface area contributed by atoms with E-state index in [2.05, 4.69) is 79.8 Å². The van der Waals surface area contributed by atoms with Crippen LogP contribution in [0.15, 0.2) is 36.4 Å². The van der Waals surface area contributed by atoms with Crippen LogP contribution in [0.1, 0.15) is 30.1 Å². The van der Waals surface area contributed by atoms with Crippen LogP contribution in [-0.4, -0.2) is 55.2 Å². The highest BCUT2D eigenvalue weighted by Crippen LogP contribution is 2.28. The van der Waals surface area contributed by atoms with Crippen molar-refractivity contribution >= 4 is 22.5 Å². The Balaban J connectivity index is 1.61. The molecule has 1 N–H and O–H groups in total. The number of aryl methyl sites for hydroxylation is 2. The van der Waals surface area contributed by atoms with E-state index in [4.69, 9.17) is 4.98 Å². The average molecular weight is 390 g/mol. The van der Waals surface area contributed by atoms with E-state index < -0.39 is 0 Å². The van der Waals surface area contributed by atoms with Crippen molar-refractivity contribution in [2.75, 3.05) is 25.5 Å². The molecule has 0 saturated carbocycles. The summed E-state index contributed by atoms with van der Waals surface area (Å²) in [4.78, 5) is 7.27. The van der Waals surface area contributed by atoms with Gasteiger partial charge in [0.05, 0.1) is 11.2 Å². The third-order valence-electron chi connectivity index (χ3n) is 6.00. The molecule has 1 aliphatic rings. The van der Waals surface area contributed by atoms with E-state index in [0.717, 1.165) is 66.6 Å². The molecule has 0 spiro atoms. The Kier molecular flexibility index (Phi) is 4.47. The number of anilines is 1. The molecule has 0 aliphatic carbocycles. The van der Waals surface area contributed by atoms with E-state index in [9.17, 15) is 0 Å². The van der Waals surface area contributed by atoms with Crippen LogP contribution in [0, 0.1) is 13.8 Å². The summed E-state index contributed by atoms with van der Waals surface area (Å²) in [7, 11) is 2.19. The first-order valence-electron chi connectivity index (χ1n) is 10.3. The van der Waals surface area contributed by atoms with Gasteiger partial charge in [0.25, 0.3) is 0 Å². The van der Waals surface area contributed by atoms with Crippen molar-refractivity contribution in [3.05, 3.63) is 53.6 Å². The number of likely N-dealkylation sites (tertiary alicyclic amines) is 1. The Morgan fingerprint density at radius 3 is 2.52 bits per heavy atom. The molecule has 3 aromatic heterocycles. The monoisotopic (exact) mass is 389 g/mol. The number of fused-ring (bicyclic) bond motifs is 3. The van der Waals surface area contributed by atoms with Crippen molar-refractivity contribution in [2.45, 2.75) is 39.3 Å². The number of hydrogen-bond donors (Lipinski definition) is 1. The summed E-state index contributed by atoms with van der Waals surface area (Å²) in [5.74, 6) is 1.86. The zero-order valence-electron chi connectivity index (χ0n) is 17.3. The molecule has 29 heavy (non-hydrogen) atoms. The third kappa shape index (κ3) is 3.25. The van der Waals surface area contributed by atoms with Gasteiger partial charge < -0.3 is 14.8 Å². The lowest BCUT2D eigenvalue weighted by molar-refractivity contribution is 0.264. The normalized spacial score (nSPS) is 16.1. The van der Waals surface area contributed by atoms with Gasteiger partial charge in [0.1, 0.15) is 11.6 Å². The largest absolute Gasteiger partial charge is 0.379 e. The summed E-state index contributed by atoms with van der Waals surface area (Å²) < 4.78 is 4.37. The molecule has 5 rings (SSSR count). The van der Waals surface area contributed by atoms with Crippen LogP contribution in [0.25, 0.3) is 16.8 Å². The molecule has 0 amide bonds. The number of rotatable bonds is 4. The summed E-state index contributed by atoms with van der Waals surface area (Å²) in [6.45, 7) is 7.09. The Labute approximate surface area is 170 Å². The van der Waals surface area contributed by atoms with Gasteiger partial charge in [-0.15, -0.1) is 10.2 Å². The van der Waals surface area contributed by atoms with Crippen LogP contribution >= 0.6 is 0 Å². The second-order valence-electron chi connectivity index (χ2n) is 8.13. The molecule has 7 heteroatoms. The highest BCUT2D eigenvalue weighted by molar-refractivity contribution is 5.85. The zero-order chi connectivity index (χ0) is 20.0. The number of benzene rings is 1. The van der Waals surface area contributed by atoms with Gasteiger partial charge >= 0.3 is 0 Å². The fraction of sp³-hybridized carbons (Fsp3) is 0.409. The maximum absolute atomic E-state index is 4.88. The average Bonchev–Trinajstić information content (AvgIpc) is 3.25. The second kappa shape index (κ2) is 7.15. The molecule has 4 heterocycles. The third-order valence-corrected chi connectivity index (χ3v) is 6.00. The molecule has 0 atom stereocenters. The maximum Gasteiger partial charge on any atom is 0.186 e. The molecule has 1 saturated heterocycles. The Bertz CT molecular complexity index is 1150. The standard InChI is InChI=1S/C22H27N7/c1-15-23-22-20(28(15)14-17-7-5-4-6-8-17)13-19(21-26-25-16(2)29(21)22)24-18-9-11-27(3)12-10-18/h4-8,13,18,24H,9-12,14H2,1-3H3. The molecule has 0 radical (unpaired) electrons. The minimum absolute atomic E-state index is 0.455. The maximum atomic E-state index is 4.88. The van der Waals surface area contributed by atoms with Gasteiger partial charge in [-0.3, -0.25) is 4.40 Å². The minimum Gasteiger partial charge on any atom is -0.379 e. The van der Waals surface area contributed by atoms with Gasteiger partial charge in [0, 0.05) is 12.6 Å². The summed E-state index contributed by atoms with van der Waals surface area (Å²) in [6, 6.07) is 13.2. The first kappa shape index (κ1) is 18.1. The summed E-state index contributed by atoms with van der Waals surface area (Å²) in [5, 5.41) is 12.6. The van der Waals surface area contributed by atoms with Crippen LogP contribution < -0.4 is 5.32 Å². The van der Waals surface area contributed by atoms with Crippen molar-refractivity contribution in [1.82, 2.24) is 29.0 Å². The quantitative estimate of drug-likeness (QED) is 0.580. The van der Waals surface area contributed by atoms with Crippen LogP contribution in [0.2, 0.25) is 0 Å².